The van der Waals surface area contributed by atoms with Crippen molar-refractivity contribution in [3.63, 3.8) is 0 Å². The fraction of sp³-hybridized carbons (Fsp3) is 0.0638. The van der Waals surface area contributed by atoms with Gasteiger partial charge < -0.3 is 14.6 Å². The summed E-state index contributed by atoms with van der Waals surface area (Å²) in [6.07, 6.45) is 9.54. The van der Waals surface area contributed by atoms with Crippen molar-refractivity contribution in [1.29, 1.82) is 0 Å². The molecule has 1 aliphatic rings. The number of nitrogens with two attached hydrogens (primary N) is 1. The molecule has 0 saturated heterocycles. The second-order valence-corrected chi connectivity index (χ2v) is 13.4. The van der Waals surface area contributed by atoms with Gasteiger partial charge in [-0.15, -0.1) is 0 Å². The van der Waals surface area contributed by atoms with E-state index in [0.29, 0.717) is 18.2 Å². The molecule has 0 saturated carbocycles. The molecule has 0 aliphatic heterocycles. The Bertz CT molecular complexity index is 2990. The normalized spacial score (nSPS) is 15.3. The molecule has 2 N–H and O–H groups in total. The minimum atomic E-state index is 0.286. The number of fused-ring (bicyclic) bond motifs is 9. The Kier molecular flexibility index (Phi) is 7.10. The molecule has 1 aliphatic carbocycles. The second kappa shape index (κ2) is 12.3. The van der Waals surface area contributed by atoms with Gasteiger partial charge in [-0.2, -0.15) is 0 Å². The van der Waals surface area contributed by atoms with Crippen LogP contribution in [0.2, 0.25) is 0 Å². The van der Waals surface area contributed by atoms with Crippen molar-refractivity contribution in [2.24, 2.45) is 21.6 Å². The molecule has 7 aromatic carbocycles. The number of furan rings is 2. The Balaban J connectivity index is 1.20. The number of nitrogens with zero attached hydrogens (tertiary/aromatic N) is 2. The third-order valence-corrected chi connectivity index (χ3v) is 10.3. The Morgan fingerprint density at radius 2 is 1.21 bits per heavy atom. The first kappa shape index (κ1) is 30.1. The predicted molar refractivity (Wildman–Crippen MR) is 216 cm³/mol. The Hall–Kier alpha value is -6.72. The lowest BCUT2D eigenvalue weighted by molar-refractivity contribution is 0.668. The van der Waals surface area contributed by atoms with Gasteiger partial charge >= 0.3 is 0 Å². The first-order chi connectivity index (χ1) is 25.7. The highest BCUT2D eigenvalue weighted by molar-refractivity contribution is 6.26. The zero-order valence-electron chi connectivity index (χ0n) is 28.3. The number of hydrogen-bond acceptors (Lipinski definition) is 3. The highest BCUT2D eigenvalue weighted by Crippen LogP contribution is 2.43. The fourth-order valence-corrected chi connectivity index (χ4v) is 7.87. The number of hydrogen-bond donors (Lipinski definition) is 1. The summed E-state index contributed by atoms with van der Waals surface area (Å²) in [5.74, 6) is 1.28. The van der Waals surface area contributed by atoms with E-state index in [4.69, 9.17) is 24.6 Å². The first-order valence-corrected chi connectivity index (χ1v) is 17.7. The average Bonchev–Trinajstić information content (AvgIpc) is 3.78. The van der Waals surface area contributed by atoms with Crippen molar-refractivity contribution in [2.45, 2.75) is 6.42 Å². The van der Waals surface area contributed by atoms with Gasteiger partial charge in [-0.25, -0.2) is 4.99 Å². The standard InChI is InChI=1S/C47H33N3O2/c48-46(50-47(49-28-29-13-2-1-3-14-29)38-27-30-15-4-5-16-31(30)32-17-6-7-18-33(32)38)37-22-12-26-42-45(37)44-35(21-11-25-41(44)52-42)34-20-10-24-40-43(34)36-19-8-9-23-39(36)51-40/h1-13,15-27,29H,14,28H2,(H2,48,49,50). The van der Waals surface area contributed by atoms with Crippen molar-refractivity contribution in [3.05, 3.63) is 169 Å². The van der Waals surface area contributed by atoms with Crippen LogP contribution >= 0.6 is 0 Å². The molecular weight excluding hydrogens is 639 g/mol. The Morgan fingerprint density at radius 1 is 0.577 bits per heavy atom. The van der Waals surface area contributed by atoms with Gasteiger partial charge in [-0.1, -0.05) is 127 Å². The smallest absolute Gasteiger partial charge is 0.157 e. The molecule has 0 fully saturated rings. The van der Waals surface area contributed by atoms with E-state index in [2.05, 4.69) is 103 Å². The van der Waals surface area contributed by atoms with Crippen LogP contribution in [0.1, 0.15) is 17.5 Å². The molecule has 0 spiro atoms. The van der Waals surface area contributed by atoms with Crippen molar-refractivity contribution in [3.8, 4) is 11.1 Å². The summed E-state index contributed by atoms with van der Waals surface area (Å²) in [7, 11) is 0. The molecule has 0 radical (unpaired) electrons. The molecule has 0 amide bonds. The zero-order chi connectivity index (χ0) is 34.6. The molecule has 2 aromatic heterocycles. The minimum Gasteiger partial charge on any atom is -0.456 e. The number of allylic oxidation sites excluding steroid dienone is 3. The molecule has 5 heteroatoms. The van der Waals surface area contributed by atoms with Gasteiger partial charge in [0, 0.05) is 45.1 Å². The topological polar surface area (TPSA) is 77.0 Å². The van der Waals surface area contributed by atoms with Crippen LogP contribution < -0.4 is 5.73 Å². The van der Waals surface area contributed by atoms with Crippen molar-refractivity contribution in [1.82, 2.24) is 0 Å². The summed E-state index contributed by atoms with van der Waals surface area (Å²) in [6, 6.07) is 45.8. The fourth-order valence-electron chi connectivity index (χ4n) is 7.87. The number of benzene rings is 7. The summed E-state index contributed by atoms with van der Waals surface area (Å²) in [5.41, 5.74) is 14.2. The van der Waals surface area contributed by atoms with Gasteiger partial charge in [0.15, 0.2) is 5.84 Å². The van der Waals surface area contributed by atoms with E-state index in [-0.39, 0.29) is 5.92 Å². The van der Waals surface area contributed by atoms with Crippen LogP contribution in [0.4, 0.5) is 0 Å². The quantitative estimate of drug-likeness (QED) is 0.112. The maximum Gasteiger partial charge on any atom is 0.157 e. The SMILES string of the molecule is N/C(=N\C(=N/CC1C=CC=CC1)c1cc2ccccc2c2ccccc12)c1cccc2oc3cccc(-c4cccc5oc6ccccc6c45)c3c12. The average molecular weight is 672 g/mol. The maximum atomic E-state index is 7.14. The van der Waals surface area contributed by atoms with Gasteiger partial charge in [0.05, 0.1) is 0 Å². The lowest BCUT2D eigenvalue weighted by Crippen LogP contribution is -2.17. The molecular formula is C47H33N3O2. The van der Waals surface area contributed by atoms with Crippen LogP contribution in [-0.4, -0.2) is 18.2 Å². The molecule has 1 atom stereocenters. The van der Waals surface area contributed by atoms with Crippen molar-refractivity contribution < 1.29 is 8.83 Å². The molecule has 1 unspecified atom stereocenters. The largest absolute Gasteiger partial charge is 0.456 e. The molecule has 248 valence electrons. The van der Waals surface area contributed by atoms with Crippen LogP contribution in [0.5, 0.6) is 0 Å². The van der Waals surface area contributed by atoms with E-state index >= 15 is 0 Å². The minimum absolute atomic E-state index is 0.286. The lowest BCUT2D eigenvalue weighted by atomic mass is 9.94. The summed E-state index contributed by atoms with van der Waals surface area (Å²) < 4.78 is 12.8. The number of rotatable bonds is 5. The summed E-state index contributed by atoms with van der Waals surface area (Å²) in [4.78, 5) is 10.4. The molecule has 2 heterocycles. The van der Waals surface area contributed by atoms with Crippen LogP contribution in [0, 0.1) is 5.92 Å². The van der Waals surface area contributed by atoms with Crippen LogP contribution in [0.3, 0.4) is 0 Å². The lowest BCUT2D eigenvalue weighted by Gasteiger charge is -2.14. The van der Waals surface area contributed by atoms with Crippen LogP contribution in [-0.2, 0) is 0 Å². The maximum absolute atomic E-state index is 7.14. The van der Waals surface area contributed by atoms with Gasteiger partial charge in [0.1, 0.15) is 28.2 Å². The number of para-hydroxylation sites is 1. The zero-order valence-corrected chi connectivity index (χ0v) is 28.3. The first-order valence-electron chi connectivity index (χ1n) is 17.7. The monoisotopic (exact) mass is 671 g/mol. The second-order valence-electron chi connectivity index (χ2n) is 13.4. The molecule has 10 rings (SSSR count). The van der Waals surface area contributed by atoms with E-state index in [0.717, 1.165) is 88.7 Å². The molecule has 52 heavy (non-hydrogen) atoms. The molecule has 0 bridgehead atoms. The van der Waals surface area contributed by atoms with Gasteiger partial charge in [-0.05, 0) is 69.4 Å². The highest BCUT2D eigenvalue weighted by atomic mass is 16.3. The van der Waals surface area contributed by atoms with E-state index in [1.54, 1.807) is 0 Å². The Morgan fingerprint density at radius 3 is 2.02 bits per heavy atom. The van der Waals surface area contributed by atoms with E-state index in [1.807, 2.05) is 54.6 Å². The summed E-state index contributed by atoms with van der Waals surface area (Å²) in [6.45, 7) is 0.597. The summed E-state index contributed by atoms with van der Waals surface area (Å²) in [5, 5.41) is 8.62. The summed E-state index contributed by atoms with van der Waals surface area (Å²) >= 11 is 0. The van der Waals surface area contributed by atoms with Crippen LogP contribution in [0.15, 0.2) is 177 Å². The van der Waals surface area contributed by atoms with Gasteiger partial charge in [0.25, 0.3) is 0 Å². The molecule has 5 nitrogen and oxygen atoms in total. The van der Waals surface area contributed by atoms with Gasteiger partial charge in [0.2, 0.25) is 0 Å². The van der Waals surface area contributed by atoms with Crippen molar-refractivity contribution in [2.75, 3.05) is 6.54 Å². The third-order valence-electron chi connectivity index (χ3n) is 10.3. The molecule has 9 aromatic rings. The predicted octanol–water partition coefficient (Wildman–Crippen LogP) is 11.7. The van der Waals surface area contributed by atoms with Crippen LogP contribution in [0.25, 0.3) is 76.5 Å². The van der Waals surface area contributed by atoms with E-state index in [1.165, 1.54) is 5.39 Å². The van der Waals surface area contributed by atoms with Crippen molar-refractivity contribution >= 4 is 77.1 Å². The Labute approximate surface area is 299 Å². The third kappa shape index (κ3) is 4.93. The van der Waals surface area contributed by atoms with Gasteiger partial charge in [-0.3, -0.25) is 4.99 Å². The highest BCUT2D eigenvalue weighted by Gasteiger charge is 2.21. The van der Waals surface area contributed by atoms with E-state index < -0.39 is 0 Å². The van der Waals surface area contributed by atoms with E-state index in [9.17, 15) is 0 Å². The number of aliphatic imine (C=N–C) groups is 2. The number of amidine groups is 2.